The van der Waals surface area contributed by atoms with Gasteiger partial charge in [0.15, 0.2) is 0 Å². The molecule has 2 saturated heterocycles. The van der Waals surface area contributed by atoms with Crippen molar-refractivity contribution < 1.29 is 38.1 Å². The average Bonchev–Trinajstić information content (AvgIpc) is 4.10. The Morgan fingerprint density at radius 1 is 0.919 bits per heavy atom. The van der Waals surface area contributed by atoms with E-state index in [1.165, 1.54) is 14.2 Å². The molecule has 16 nitrogen and oxygen atoms in total. The highest BCUT2D eigenvalue weighted by Crippen LogP contribution is 2.44. The molecule has 0 saturated carbocycles. The van der Waals surface area contributed by atoms with Crippen LogP contribution in [0, 0.1) is 11.8 Å². The molecule has 328 valence electrons. The number of ether oxygens (including phenoxy) is 4. The van der Waals surface area contributed by atoms with Gasteiger partial charge < -0.3 is 49.3 Å². The van der Waals surface area contributed by atoms with Gasteiger partial charge in [-0.05, 0) is 84.9 Å². The number of likely N-dealkylation sites (tertiary alicyclic amines) is 2. The molecule has 62 heavy (non-hydrogen) atoms. The SMILES string of the molecule is CCC[C@@H](NC(=O)OC)C(=O)N1C[C@@H](COC)C[C@H]1c1ncc(-c2ccc3c(c2)COc2cc4c(ccc5[nH]c([C@@H]6CC[C@H](C)N6C(=O)[C@@H](NC(=O)OC)C(C)C)nc54)cc2-3)[nH]1. The van der Waals surface area contributed by atoms with Crippen LogP contribution in [0.25, 0.3) is 44.2 Å². The lowest BCUT2D eigenvalue weighted by Gasteiger charge is -2.32. The number of carbonyl (C=O) groups excluding carboxylic acids is 4. The van der Waals surface area contributed by atoms with E-state index in [4.69, 9.17) is 28.9 Å². The van der Waals surface area contributed by atoms with E-state index < -0.39 is 24.3 Å². The molecule has 2 fully saturated rings. The van der Waals surface area contributed by atoms with E-state index in [0.29, 0.717) is 50.7 Å². The summed E-state index contributed by atoms with van der Waals surface area (Å²) in [7, 11) is 4.24. The number of imidazole rings is 2. The summed E-state index contributed by atoms with van der Waals surface area (Å²) in [5.41, 5.74) is 6.52. The van der Waals surface area contributed by atoms with Crippen LogP contribution in [0.4, 0.5) is 9.59 Å². The first-order valence-electron chi connectivity index (χ1n) is 21.5. The fraction of sp³-hybridized carbons (Fsp3) is 0.478. The van der Waals surface area contributed by atoms with Crippen LogP contribution in [-0.2, 0) is 30.4 Å². The molecule has 8 rings (SSSR count). The number of carbonyl (C=O) groups is 4. The summed E-state index contributed by atoms with van der Waals surface area (Å²) in [6.07, 6.45) is 3.96. The second-order valence-electron chi connectivity index (χ2n) is 17.1. The number of benzene rings is 3. The Kier molecular flexibility index (Phi) is 12.1. The van der Waals surface area contributed by atoms with Crippen molar-refractivity contribution in [3.8, 4) is 28.1 Å². The van der Waals surface area contributed by atoms with Gasteiger partial charge in [-0.15, -0.1) is 0 Å². The molecular formula is C46H56N8O8. The lowest BCUT2D eigenvalue weighted by Crippen LogP contribution is -2.52. The van der Waals surface area contributed by atoms with Crippen LogP contribution in [0.5, 0.6) is 5.75 Å². The highest BCUT2D eigenvalue weighted by molar-refractivity contribution is 6.07. The summed E-state index contributed by atoms with van der Waals surface area (Å²) >= 11 is 0. The molecule has 3 aliphatic rings. The molecule has 5 heterocycles. The third-order valence-electron chi connectivity index (χ3n) is 12.6. The number of amides is 4. The Labute approximate surface area is 360 Å². The van der Waals surface area contributed by atoms with Gasteiger partial charge in [0.05, 0.1) is 55.8 Å². The largest absolute Gasteiger partial charge is 0.488 e. The predicted octanol–water partition coefficient (Wildman–Crippen LogP) is 7.16. The van der Waals surface area contributed by atoms with Crippen molar-refractivity contribution in [3.05, 3.63) is 65.9 Å². The number of hydrogen-bond donors (Lipinski definition) is 4. The summed E-state index contributed by atoms with van der Waals surface area (Å²) in [5, 5.41) is 7.41. The molecule has 0 spiro atoms. The smallest absolute Gasteiger partial charge is 0.407 e. The molecule has 0 aliphatic carbocycles. The minimum Gasteiger partial charge on any atom is -0.488 e. The van der Waals surface area contributed by atoms with Crippen molar-refractivity contribution in [1.29, 1.82) is 0 Å². The monoisotopic (exact) mass is 848 g/mol. The number of H-pyrrole nitrogens is 2. The van der Waals surface area contributed by atoms with E-state index in [2.05, 4.69) is 57.0 Å². The molecular weight excluding hydrogens is 793 g/mol. The van der Waals surface area contributed by atoms with Gasteiger partial charge in [-0.25, -0.2) is 19.6 Å². The number of methoxy groups -OCH3 is 3. The number of fused-ring (bicyclic) bond motifs is 6. The van der Waals surface area contributed by atoms with Gasteiger partial charge in [0, 0.05) is 36.6 Å². The van der Waals surface area contributed by atoms with Crippen molar-refractivity contribution in [1.82, 2.24) is 40.4 Å². The standard InChI is InChI=1S/C46H56N8O8/c1-8-9-34(50-45(57)60-6)43(55)53-21-26(22-59-5)16-37(53)41-47-20-35(49-41)28-11-13-30-29(17-28)23-62-38-19-31-27(18-32(30)38)12-14-33-40(31)51-42(48-33)36-15-10-25(4)54(36)44(56)39(24(2)3)52-46(58)61-7/h11-14,17-20,24-26,34,36-37,39H,8-10,15-16,21-23H2,1-7H3,(H,47,49)(H,48,51)(H,50,57)(H,52,58)/t25-,26-,34+,36-,37-,39-/m0/s1. The van der Waals surface area contributed by atoms with Gasteiger partial charge in [0.25, 0.3) is 0 Å². The number of alkyl carbamates (subject to hydrolysis) is 2. The molecule has 2 aromatic heterocycles. The zero-order chi connectivity index (χ0) is 43.8. The minimum absolute atomic E-state index is 0.0294. The molecule has 4 N–H and O–H groups in total. The fourth-order valence-corrected chi connectivity index (χ4v) is 9.50. The van der Waals surface area contributed by atoms with Gasteiger partial charge in [0.2, 0.25) is 11.8 Å². The first kappa shape index (κ1) is 42.5. The second kappa shape index (κ2) is 17.7. The summed E-state index contributed by atoms with van der Waals surface area (Å²) in [5.74, 6) is 1.80. The third kappa shape index (κ3) is 8.03. The van der Waals surface area contributed by atoms with E-state index in [1.54, 1.807) is 13.3 Å². The molecule has 0 radical (unpaired) electrons. The average molecular weight is 849 g/mol. The Balaban J connectivity index is 1.05. The van der Waals surface area contributed by atoms with E-state index in [9.17, 15) is 19.2 Å². The van der Waals surface area contributed by atoms with E-state index in [1.807, 2.05) is 43.6 Å². The molecule has 6 atom stereocenters. The molecule has 3 aromatic carbocycles. The first-order chi connectivity index (χ1) is 29.9. The van der Waals surface area contributed by atoms with Crippen molar-refractivity contribution in [2.75, 3.05) is 34.5 Å². The van der Waals surface area contributed by atoms with Gasteiger partial charge in [-0.1, -0.05) is 45.4 Å². The second-order valence-corrected chi connectivity index (χ2v) is 17.1. The molecule has 3 aliphatic heterocycles. The van der Waals surface area contributed by atoms with Gasteiger partial charge in [-0.2, -0.15) is 0 Å². The maximum absolute atomic E-state index is 14.0. The lowest BCUT2D eigenvalue weighted by molar-refractivity contribution is -0.137. The summed E-state index contributed by atoms with van der Waals surface area (Å²) in [6.45, 7) is 9.18. The number of nitrogens with zero attached hydrogens (tertiary/aromatic N) is 4. The minimum atomic E-state index is -0.729. The van der Waals surface area contributed by atoms with Crippen LogP contribution in [0.3, 0.4) is 0 Å². The predicted molar refractivity (Wildman–Crippen MR) is 232 cm³/mol. The van der Waals surface area contributed by atoms with E-state index in [-0.39, 0.29) is 41.8 Å². The van der Waals surface area contributed by atoms with Crippen LogP contribution >= 0.6 is 0 Å². The lowest BCUT2D eigenvalue weighted by atomic mass is 9.92. The van der Waals surface area contributed by atoms with E-state index in [0.717, 1.165) is 68.3 Å². The number of rotatable bonds is 12. The summed E-state index contributed by atoms with van der Waals surface area (Å²) in [6, 6.07) is 12.6. The summed E-state index contributed by atoms with van der Waals surface area (Å²) in [4.78, 5) is 72.8. The highest BCUT2D eigenvalue weighted by atomic mass is 16.5. The quantitative estimate of drug-likeness (QED) is 0.100. The number of nitrogens with one attached hydrogen (secondary N) is 4. The topological polar surface area (TPSA) is 193 Å². The van der Waals surface area contributed by atoms with Crippen molar-refractivity contribution in [3.63, 3.8) is 0 Å². The molecule has 0 unspecified atom stereocenters. The fourth-order valence-electron chi connectivity index (χ4n) is 9.50. The van der Waals surface area contributed by atoms with Crippen LogP contribution < -0.4 is 15.4 Å². The number of hydrogen-bond acceptors (Lipinski definition) is 10. The first-order valence-corrected chi connectivity index (χ1v) is 21.5. The zero-order valence-electron chi connectivity index (χ0n) is 36.4. The number of aromatic amines is 2. The van der Waals surface area contributed by atoms with Gasteiger partial charge in [0.1, 0.15) is 36.1 Å². The Morgan fingerprint density at radius 2 is 1.71 bits per heavy atom. The summed E-state index contributed by atoms with van der Waals surface area (Å²) < 4.78 is 21.6. The van der Waals surface area contributed by atoms with Crippen LogP contribution in [-0.4, -0.2) is 106 Å². The Hall–Kier alpha value is -6.16. The van der Waals surface area contributed by atoms with Crippen LogP contribution in [0.2, 0.25) is 0 Å². The maximum atomic E-state index is 14.0. The Bertz CT molecular complexity index is 2500. The van der Waals surface area contributed by atoms with Crippen molar-refractivity contribution in [2.45, 2.75) is 96.6 Å². The molecule has 4 amide bonds. The van der Waals surface area contributed by atoms with E-state index >= 15 is 0 Å². The van der Waals surface area contributed by atoms with Gasteiger partial charge >= 0.3 is 12.2 Å². The van der Waals surface area contributed by atoms with Crippen molar-refractivity contribution in [2.24, 2.45) is 11.8 Å². The van der Waals surface area contributed by atoms with Crippen LogP contribution in [0.1, 0.15) is 89.1 Å². The molecule has 0 bridgehead atoms. The highest BCUT2D eigenvalue weighted by Gasteiger charge is 2.42. The van der Waals surface area contributed by atoms with Crippen molar-refractivity contribution >= 4 is 45.8 Å². The normalized spacial score (nSPS) is 20.5. The molecule has 5 aromatic rings. The van der Waals surface area contributed by atoms with Gasteiger partial charge in [-0.3, -0.25) is 9.59 Å². The maximum Gasteiger partial charge on any atom is 0.407 e. The third-order valence-corrected chi connectivity index (χ3v) is 12.6. The molecule has 16 heteroatoms. The Morgan fingerprint density at radius 3 is 2.45 bits per heavy atom. The zero-order valence-corrected chi connectivity index (χ0v) is 36.4. The number of aromatic nitrogens is 4. The van der Waals surface area contributed by atoms with Crippen LogP contribution in [0.15, 0.2) is 48.7 Å².